The lowest BCUT2D eigenvalue weighted by molar-refractivity contribution is -0.0206. The lowest BCUT2D eigenvalue weighted by atomic mass is 9.54. The van der Waals surface area contributed by atoms with E-state index in [9.17, 15) is 5.11 Å². The molecule has 0 bridgehead atoms. The number of fused-ring (bicyclic) bond motifs is 1. The quantitative estimate of drug-likeness (QED) is 0.480. The van der Waals surface area contributed by atoms with E-state index < -0.39 is 0 Å². The number of rotatable bonds is 5. The highest BCUT2D eigenvalue weighted by Crippen LogP contribution is 2.92. The minimum Gasteiger partial charge on any atom is -0.393 e. The predicted molar refractivity (Wildman–Crippen MR) is 119 cm³/mol. The van der Waals surface area contributed by atoms with Gasteiger partial charge in [0.05, 0.1) is 6.10 Å². The topological polar surface area (TPSA) is 20.2 Å². The summed E-state index contributed by atoms with van der Waals surface area (Å²) in [5.74, 6) is 3.77. The lowest BCUT2D eigenvalue weighted by Gasteiger charge is -2.51. The molecule has 0 aliphatic heterocycles. The molecule has 2 spiro atoms. The van der Waals surface area contributed by atoms with Crippen molar-refractivity contribution < 1.29 is 5.11 Å². The van der Waals surface area contributed by atoms with Crippen LogP contribution in [0.2, 0.25) is 0 Å². The van der Waals surface area contributed by atoms with E-state index in [1.807, 2.05) is 0 Å². The summed E-state index contributed by atoms with van der Waals surface area (Å²) in [5, 5.41) is 10.3. The first kappa shape index (κ1) is 21.2. The van der Waals surface area contributed by atoms with Crippen molar-refractivity contribution in [3.8, 4) is 0 Å². The minimum absolute atomic E-state index is 0. The summed E-state index contributed by atoms with van der Waals surface area (Å²) in [6.45, 7) is 10.2. The van der Waals surface area contributed by atoms with E-state index in [4.69, 9.17) is 0 Å². The van der Waals surface area contributed by atoms with Crippen LogP contribution in [0.1, 0.15) is 119 Å². The maximum absolute atomic E-state index is 10.3. The third-order valence-corrected chi connectivity index (χ3v) is 11.6. The third kappa shape index (κ3) is 2.41. The maximum Gasteiger partial charge on any atom is 0.0543 e. The summed E-state index contributed by atoms with van der Waals surface area (Å²) in [6, 6.07) is 0. The zero-order valence-electron chi connectivity index (χ0n) is 18.5. The van der Waals surface area contributed by atoms with Crippen molar-refractivity contribution >= 4 is 0 Å². The van der Waals surface area contributed by atoms with Crippen molar-refractivity contribution in [3.05, 3.63) is 0 Å². The van der Waals surface area contributed by atoms with Gasteiger partial charge in [0, 0.05) is 0 Å². The fourth-order valence-electron chi connectivity index (χ4n) is 10.2. The molecule has 5 fully saturated rings. The van der Waals surface area contributed by atoms with Crippen molar-refractivity contribution in [1.82, 2.24) is 0 Å². The van der Waals surface area contributed by atoms with Crippen LogP contribution in [0.15, 0.2) is 0 Å². The van der Waals surface area contributed by atoms with Crippen LogP contribution in [-0.4, -0.2) is 11.2 Å². The van der Waals surface area contributed by atoms with Crippen molar-refractivity contribution in [2.24, 2.45) is 45.3 Å². The van der Waals surface area contributed by atoms with E-state index in [-0.39, 0.29) is 13.5 Å². The molecule has 28 heavy (non-hydrogen) atoms. The van der Waals surface area contributed by atoms with Crippen LogP contribution in [0.25, 0.3) is 0 Å². The molecular weight excluding hydrogens is 340 g/mol. The maximum atomic E-state index is 10.3. The van der Waals surface area contributed by atoms with Gasteiger partial charge in [-0.1, -0.05) is 54.4 Å². The number of hydrogen-bond acceptors (Lipinski definition) is 1. The minimum atomic E-state index is 0. The Bertz CT molecular complexity index is 597. The monoisotopic (exact) mass is 388 g/mol. The largest absolute Gasteiger partial charge is 0.393 e. The SMILES string of the molecule is C.CC(C)CCCCC1(C)CCC2C1(C)CCC1C34CCC(O)CC3CCC214. The van der Waals surface area contributed by atoms with Gasteiger partial charge in [0.2, 0.25) is 0 Å². The van der Waals surface area contributed by atoms with Crippen molar-refractivity contribution in [2.75, 3.05) is 0 Å². The first-order valence-corrected chi connectivity index (χ1v) is 12.5. The summed E-state index contributed by atoms with van der Waals surface area (Å²) < 4.78 is 0. The number of aliphatic hydroxyl groups excluding tert-OH is 1. The van der Waals surface area contributed by atoms with Gasteiger partial charge in [0.1, 0.15) is 0 Å². The molecule has 0 aromatic carbocycles. The molecule has 5 aliphatic rings. The zero-order chi connectivity index (χ0) is 19.1. The van der Waals surface area contributed by atoms with Gasteiger partial charge in [0.15, 0.2) is 0 Å². The molecule has 0 aromatic rings. The summed E-state index contributed by atoms with van der Waals surface area (Å²) in [4.78, 5) is 0. The number of unbranched alkanes of at least 4 members (excludes halogenated alkanes) is 1. The van der Waals surface area contributed by atoms with Crippen molar-refractivity contribution in [3.63, 3.8) is 0 Å². The molecule has 8 atom stereocenters. The van der Waals surface area contributed by atoms with E-state index in [0.29, 0.717) is 21.7 Å². The van der Waals surface area contributed by atoms with E-state index in [1.54, 1.807) is 0 Å². The average molecular weight is 389 g/mol. The second kappa shape index (κ2) is 6.73. The molecule has 0 amide bonds. The standard InChI is InChI=1S/C26H44O.CH4/c1-18(2)7-5-6-12-23(3)13-10-21-24(23,4)14-11-22-25-16-9-20(27)17-19(25)8-15-26(21,22)25;/h18-22,27H,5-17H2,1-4H3;1H4. The van der Waals surface area contributed by atoms with E-state index in [2.05, 4.69) is 27.7 Å². The molecule has 0 heterocycles. The second-order valence-corrected chi connectivity index (χ2v) is 12.5. The van der Waals surface area contributed by atoms with Crippen LogP contribution in [0.4, 0.5) is 0 Å². The lowest BCUT2D eigenvalue weighted by Crippen LogP contribution is -2.43. The van der Waals surface area contributed by atoms with Crippen LogP contribution in [0.5, 0.6) is 0 Å². The van der Waals surface area contributed by atoms with Gasteiger partial charge in [0.25, 0.3) is 0 Å². The van der Waals surface area contributed by atoms with Crippen LogP contribution >= 0.6 is 0 Å². The van der Waals surface area contributed by atoms with Gasteiger partial charge >= 0.3 is 0 Å². The fraction of sp³-hybridized carbons (Fsp3) is 1.00. The van der Waals surface area contributed by atoms with Gasteiger partial charge < -0.3 is 5.11 Å². The Morgan fingerprint density at radius 2 is 1.57 bits per heavy atom. The zero-order valence-corrected chi connectivity index (χ0v) is 18.5. The average Bonchev–Trinajstić information content (AvgIpc) is 2.87. The van der Waals surface area contributed by atoms with Gasteiger partial charge in [-0.25, -0.2) is 0 Å². The van der Waals surface area contributed by atoms with Crippen molar-refractivity contribution in [1.29, 1.82) is 0 Å². The molecule has 0 radical (unpaired) electrons. The number of aliphatic hydroxyl groups is 1. The molecule has 5 aliphatic carbocycles. The highest BCUT2D eigenvalue weighted by atomic mass is 16.3. The van der Waals surface area contributed by atoms with Crippen LogP contribution in [-0.2, 0) is 0 Å². The van der Waals surface area contributed by atoms with Gasteiger partial charge in [-0.3, -0.25) is 0 Å². The van der Waals surface area contributed by atoms with E-state index in [0.717, 1.165) is 36.5 Å². The molecular formula is C27H48O. The summed E-state index contributed by atoms with van der Waals surface area (Å²) >= 11 is 0. The second-order valence-electron chi connectivity index (χ2n) is 12.5. The molecule has 8 unspecified atom stereocenters. The Hall–Kier alpha value is -0.0400. The van der Waals surface area contributed by atoms with Crippen molar-refractivity contribution in [2.45, 2.75) is 125 Å². The molecule has 1 nitrogen and oxygen atoms in total. The third-order valence-electron chi connectivity index (χ3n) is 11.6. The Morgan fingerprint density at radius 1 is 0.857 bits per heavy atom. The summed E-state index contributed by atoms with van der Waals surface area (Å²) in [5.41, 5.74) is 2.57. The molecule has 162 valence electrons. The summed E-state index contributed by atoms with van der Waals surface area (Å²) in [7, 11) is 0. The predicted octanol–water partition coefficient (Wildman–Crippen LogP) is 7.61. The molecule has 0 saturated heterocycles. The first-order chi connectivity index (χ1) is 12.8. The number of hydrogen-bond donors (Lipinski definition) is 1. The fourth-order valence-corrected chi connectivity index (χ4v) is 10.2. The summed E-state index contributed by atoms with van der Waals surface area (Å²) in [6.07, 6.45) is 18.4. The molecule has 5 rings (SSSR count). The Balaban J connectivity index is 0.00000192. The van der Waals surface area contributed by atoms with Gasteiger partial charge in [-0.15, -0.1) is 0 Å². The smallest absolute Gasteiger partial charge is 0.0543 e. The van der Waals surface area contributed by atoms with Crippen LogP contribution in [0.3, 0.4) is 0 Å². The normalized spacial score (nSPS) is 53.8. The van der Waals surface area contributed by atoms with E-state index >= 15 is 0 Å². The Morgan fingerprint density at radius 3 is 2.32 bits per heavy atom. The Labute approximate surface area is 175 Å². The van der Waals surface area contributed by atoms with Gasteiger partial charge in [-0.2, -0.15) is 0 Å². The van der Waals surface area contributed by atoms with Gasteiger partial charge in [-0.05, 0) is 110 Å². The highest BCUT2D eigenvalue weighted by Gasteiger charge is 2.86. The molecule has 1 heteroatoms. The highest BCUT2D eigenvalue weighted by molar-refractivity contribution is 5.34. The molecule has 1 N–H and O–H groups in total. The van der Waals surface area contributed by atoms with E-state index in [1.165, 1.54) is 70.6 Å². The molecule has 0 aromatic heterocycles. The first-order valence-electron chi connectivity index (χ1n) is 12.5. The Kier molecular flexibility index (Phi) is 5.10. The van der Waals surface area contributed by atoms with Crippen LogP contribution in [0, 0.1) is 45.3 Å². The molecule has 5 saturated carbocycles. The van der Waals surface area contributed by atoms with Crippen LogP contribution < -0.4 is 0 Å².